The number of furan rings is 1. The Balaban J connectivity index is 1.09. The van der Waals surface area contributed by atoms with Gasteiger partial charge in [0.05, 0.1) is 17.2 Å². The lowest BCUT2D eigenvalue weighted by atomic mass is 10.1. The molecule has 0 spiro atoms. The number of nitrogens with one attached hydrogen (secondary N) is 3. The first kappa shape index (κ1) is 32.0. The lowest BCUT2D eigenvalue weighted by Gasteiger charge is -2.21. The van der Waals surface area contributed by atoms with Crippen molar-refractivity contribution in [1.29, 1.82) is 0 Å². The Morgan fingerprint density at radius 2 is 1.72 bits per heavy atom. The molecule has 0 saturated heterocycles. The van der Waals surface area contributed by atoms with E-state index in [4.69, 9.17) is 4.42 Å². The van der Waals surface area contributed by atoms with Gasteiger partial charge in [0.1, 0.15) is 30.0 Å². The zero-order chi connectivity index (χ0) is 32.5. The van der Waals surface area contributed by atoms with Gasteiger partial charge >= 0.3 is 0 Å². The lowest BCUT2D eigenvalue weighted by molar-refractivity contribution is -0.122. The van der Waals surface area contributed by atoms with Gasteiger partial charge in [-0.1, -0.05) is 37.1 Å². The van der Waals surface area contributed by atoms with E-state index < -0.39 is 23.9 Å². The van der Waals surface area contributed by atoms with Crippen LogP contribution in [0.15, 0.2) is 71.7 Å². The van der Waals surface area contributed by atoms with Crippen molar-refractivity contribution in [2.75, 3.05) is 18.9 Å². The van der Waals surface area contributed by atoms with Crippen LogP contribution in [0.2, 0.25) is 0 Å². The predicted molar refractivity (Wildman–Crippen MR) is 170 cm³/mol. The van der Waals surface area contributed by atoms with Gasteiger partial charge < -0.3 is 25.2 Å². The monoisotopic (exact) mass is 624 g/mol. The van der Waals surface area contributed by atoms with E-state index >= 15 is 0 Å². The van der Waals surface area contributed by atoms with Crippen LogP contribution < -0.4 is 16.0 Å². The van der Waals surface area contributed by atoms with Crippen LogP contribution in [0.5, 0.6) is 0 Å². The fourth-order valence-corrected chi connectivity index (χ4v) is 5.56. The van der Waals surface area contributed by atoms with Crippen molar-refractivity contribution in [3.63, 3.8) is 0 Å². The minimum atomic E-state index is -1.02. The van der Waals surface area contributed by atoms with Crippen molar-refractivity contribution in [2.45, 2.75) is 57.0 Å². The number of benzene rings is 2. The standard InChI is InChI=1S/C34H36N6O6/c1-35-29(42)15-14-24(20-41)40-33(44)25-10-8-11-26(31(25)34(40)45)38-16-7-3-2-4-13-30(43)39-32(23-18-36-21-37-19-23)28-17-22-9-5-6-12-27(22)46-28/h5-6,8-12,17-21,24,32,38H,2-4,7,13-16H2,1H3,(H,35,42)(H,39,43). The zero-order valence-electron chi connectivity index (χ0n) is 25.5. The van der Waals surface area contributed by atoms with Crippen molar-refractivity contribution in [3.05, 3.63) is 89.7 Å². The second-order valence-corrected chi connectivity index (χ2v) is 11.1. The summed E-state index contributed by atoms with van der Waals surface area (Å²) in [5.74, 6) is -0.870. The number of aldehydes is 1. The summed E-state index contributed by atoms with van der Waals surface area (Å²) in [4.78, 5) is 71.7. The van der Waals surface area contributed by atoms with Gasteiger partial charge in [-0.05, 0) is 43.5 Å². The first-order chi connectivity index (χ1) is 22.4. The van der Waals surface area contributed by atoms with E-state index in [1.165, 1.54) is 13.4 Å². The maximum absolute atomic E-state index is 13.2. The van der Waals surface area contributed by atoms with Gasteiger partial charge in [-0.15, -0.1) is 0 Å². The molecule has 238 valence electrons. The van der Waals surface area contributed by atoms with Gasteiger partial charge in [-0.2, -0.15) is 0 Å². The van der Waals surface area contributed by atoms with Gasteiger partial charge in [0.2, 0.25) is 11.8 Å². The molecule has 46 heavy (non-hydrogen) atoms. The average molecular weight is 625 g/mol. The van der Waals surface area contributed by atoms with Crippen molar-refractivity contribution >= 4 is 46.6 Å². The summed E-state index contributed by atoms with van der Waals surface area (Å²) in [6.07, 6.45) is 8.85. The summed E-state index contributed by atoms with van der Waals surface area (Å²) in [5, 5.41) is 9.74. The number of amides is 4. The van der Waals surface area contributed by atoms with Crippen LogP contribution >= 0.6 is 0 Å². The number of carbonyl (C=O) groups excluding carboxylic acids is 5. The molecule has 0 saturated carbocycles. The molecule has 2 aromatic carbocycles. The molecular formula is C34H36N6O6. The quantitative estimate of drug-likeness (QED) is 0.0943. The first-order valence-corrected chi connectivity index (χ1v) is 15.3. The molecule has 5 rings (SSSR count). The van der Waals surface area contributed by atoms with Crippen molar-refractivity contribution in [1.82, 2.24) is 25.5 Å². The molecule has 4 aromatic rings. The minimum Gasteiger partial charge on any atom is -0.459 e. The highest BCUT2D eigenvalue weighted by molar-refractivity contribution is 6.24. The first-order valence-electron chi connectivity index (χ1n) is 15.3. The van der Waals surface area contributed by atoms with Gasteiger partial charge in [0.15, 0.2) is 0 Å². The smallest absolute Gasteiger partial charge is 0.264 e. The Morgan fingerprint density at radius 3 is 2.48 bits per heavy atom. The Morgan fingerprint density at radius 1 is 0.935 bits per heavy atom. The third kappa shape index (κ3) is 7.28. The summed E-state index contributed by atoms with van der Waals surface area (Å²) in [6, 6.07) is 13.0. The van der Waals surface area contributed by atoms with E-state index in [1.807, 2.05) is 30.3 Å². The van der Waals surface area contributed by atoms with Crippen LogP contribution in [0.25, 0.3) is 11.0 Å². The van der Waals surface area contributed by atoms with Crippen molar-refractivity contribution in [3.8, 4) is 0 Å². The number of fused-ring (bicyclic) bond motifs is 2. The van der Waals surface area contributed by atoms with E-state index in [-0.39, 0.29) is 35.8 Å². The van der Waals surface area contributed by atoms with E-state index in [0.29, 0.717) is 37.1 Å². The number of hydrogen-bond acceptors (Lipinski definition) is 9. The molecule has 0 bridgehead atoms. The molecule has 2 aromatic heterocycles. The third-order valence-corrected chi connectivity index (χ3v) is 7.98. The molecule has 2 atom stereocenters. The molecule has 0 aliphatic carbocycles. The summed E-state index contributed by atoms with van der Waals surface area (Å²) >= 11 is 0. The van der Waals surface area contributed by atoms with E-state index in [2.05, 4.69) is 25.9 Å². The number of unbranched alkanes of at least 4 members (excludes halogenated alkanes) is 3. The molecule has 4 amide bonds. The SMILES string of the molecule is CNC(=O)CCC(C=O)N1C(=O)c2cccc(NCCCCCCC(=O)NC(c3cncnc3)c3cc4ccccc4o3)c2C1=O. The fourth-order valence-electron chi connectivity index (χ4n) is 5.56. The van der Waals surface area contributed by atoms with Gasteiger partial charge in [0, 0.05) is 55.5 Å². The van der Waals surface area contributed by atoms with Crippen molar-refractivity contribution in [2.24, 2.45) is 0 Å². The minimum absolute atomic E-state index is 0.0178. The fraction of sp³-hybridized carbons (Fsp3) is 0.324. The zero-order valence-corrected chi connectivity index (χ0v) is 25.5. The maximum atomic E-state index is 13.2. The molecule has 0 fully saturated rings. The molecule has 1 aliphatic heterocycles. The topological polar surface area (TPSA) is 164 Å². The number of anilines is 1. The number of nitrogens with zero attached hydrogens (tertiary/aromatic N) is 3. The lowest BCUT2D eigenvalue weighted by Crippen LogP contribution is -2.41. The van der Waals surface area contributed by atoms with Gasteiger partial charge in [-0.25, -0.2) is 9.97 Å². The predicted octanol–water partition coefficient (Wildman–Crippen LogP) is 4.18. The van der Waals surface area contributed by atoms with Gasteiger partial charge in [0.25, 0.3) is 11.8 Å². The number of para-hydroxylation sites is 1. The summed E-state index contributed by atoms with van der Waals surface area (Å²) in [6.45, 7) is 0.556. The molecule has 3 N–H and O–H groups in total. The number of imide groups is 1. The number of carbonyl (C=O) groups is 5. The largest absolute Gasteiger partial charge is 0.459 e. The van der Waals surface area contributed by atoms with E-state index in [9.17, 15) is 24.0 Å². The van der Waals surface area contributed by atoms with Crippen LogP contribution in [0.4, 0.5) is 5.69 Å². The number of aromatic nitrogens is 2. The normalized spacial score (nSPS) is 13.7. The van der Waals surface area contributed by atoms with Crippen molar-refractivity contribution < 1.29 is 28.4 Å². The third-order valence-electron chi connectivity index (χ3n) is 7.98. The Kier molecular flexibility index (Phi) is 10.5. The second kappa shape index (κ2) is 15.1. The van der Waals surface area contributed by atoms with E-state index in [1.54, 1.807) is 30.6 Å². The Hall–Kier alpha value is -5.39. The van der Waals surface area contributed by atoms with Crippen LogP contribution in [0.1, 0.15) is 83.0 Å². The Labute approximate surface area is 266 Å². The van der Waals surface area contributed by atoms with Gasteiger partial charge in [-0.3, -0.25) is 24.1 Å². The van der Waals surface area contributed by atoms with Crippen LogP contribution in [-0.4, -0.2) is 64.4 Å². The molecule has 0 radical (unpaired) electrons. The molecule has 3 heterocycles. The number of rotatable bonds is 16. The average Bonchev–Trinajstić information content (AvgIpc) is 3.62. The molecule has 12 nitrogen and oxygen atoms in total. The highest BCUT2D eigenvalue weighted by Gasteiger charge is 2.41. The second-order valence-electron chi connectivity index (χ2n) is 11.1. The molecular weight excluding hydrogens is 588 g/mol. The highest BCUT2D eigenvalue weighted by atomic mass is 16.3. The Bertz CT molecular complexity index is 1690. The summed E-state index contributed by atoms with van der Waals surface area (Å²) < 4.78 is 6.03. The van der Waals surface area contributed by atoms with Crippen LogP contribution in [0.3, 0.4) is 0 Å². The molecule has 1 aliphatic rings. The number of hydrogen-bond donors (Lipinski definition) is 3. The highest BCUT2D eigenvalue weighted by Crippen LogP contribution is 2.32. The summed E-state index contributed by atoms with van der Waals surface area (Å²) in [7, 11) is 1.48. The molecule has 2 unspecified atom stereocenters. The molecule has 12 heteroatoms. The maximum Gasteiger partial charge on any atom is 0.264 e. The van der Waals surface area contributed by atoms with Crippen LogP contribution in [-0.2, 0) is 14.4 Å². The van der Waals surface area contributed by atoms with E-state index in [0.717, 1.165) is 40.7 Å². The summed E-state index contributed by atoms with van der Waals surface area (Å²) in [5.41, 5.74) is 2.45. The van der Waals surface area contributed by atoms with Crippen LogP contribution in [0, 0.1) is 0 Å².